The maximum atomic E-state index is 6.47. The topological polar surface area (TPSA) is 35.2 Å². The summed E-state index contributed by atoms with van der Waals surface area (Å²) >= 11 is 6.47. The Hall–Kier alpha value is -0.730. The number of aryl methyl sites for hydroxylation is 1. The van der Waals surface area contributed by atoms with Gasteiger partial charge in [0.05, 0.1) is 12.1 Å². The van der Waals surface area contributed by atoms with Crippen molar-refractivity contribution in [1.82, 2.24) is 0 Å². The van der Waals surface area contributed by atoms with Gasteiger partial charge in [-0.2, -0.15) is 0 Å². The Bertz CT molecular complexity index is 466. The van der Waals surface area contributed by atoms with Crippen molar-refractivity contribution in [2.45, 2.75) is 44.1 Å². The molecule has 0 saturated heterocycles. The molecule has 3 rings (SSSR count). The summed E-state index contributed by atoms with van der Waals surface area (Å²) in [6.45, 7) is 0. The molecule has 0 atom stereocenters. The van der Waals surface area contributed by atoms with E-state index in [2.05, 4.69) is 6.07 Å². The standard InChI is InChI=1S/C14H18ClNO/c1-17-13-11(14(16)6-3-7-14)8-9-4-2-5-10(9)12(13)15/h8H,2-7,16H2,1H3. The van der Waals surface area contributed by atoms with Crippen molar-refractivity contribution >= 4 is 11.6 Å². The summed E-state index contributed by atoms with van der Waals surface area (Å²) in [6, 6.07) is 2.24. The van der Waals surface area contributed by atoms with Crippen LogP contribution in [0, 0.1) is 0 Å². The minimum Gasteiger partial charge on any atom is -0.495 e. The summed E-state index contributed by atoms with van der Waals surface area (Å²) in [5.41, 5.74) is 10.00. The highest BCUT2D eigenvalue weighted by Gasteiger charge is 2.38. The maximum absolute atomic E-state index is 6.47. The largest absolute Gasteiger partial charge is 0.495 e. The smallest absolute Gasteiger partial charge is 0.142 e. The van der Waals surface area contributed by atoms with Crippen LogP contribution < -0.4 is 10.5 Å². The number of methoxy groups -OCH3 is 1. The zero-order chi connectivity index (χ0) is 12.0. The lowest BCUT2D eigenvalue weighted by atomic mass is 9.72. The molecule has 0 bridgehead atoms. The number of hydrogen-bond donors (Lipinski definition) is 1. The number of fused-ring (bicyclic) bond motifs is 1. The summed E-state index contributed by atoms with van der Waals surface area (Å²) < 4.78 is 5.51. The first-order chi connectivity index (χ1) is 8.15. The van der Waals surface area contributed by atoms with E-state index in [9.17, 15) is 0 Å². The first-order valence-corrected chi connectivity index (χ1v) is 6.71. The second-order valence-corrected chi connectivity index (χ2v) is 5.65. The monoisotopic (exact) mass is 251 g/mol. The molecule has 0 spiro atoms. The molecule has 1 aromatic rings. The van der Waals surface area contributed by atoms with E-state index in [-0.39, 0.29) is 5.54 Å². The maximum Gasteiger partial charge on any atom is 0.142 e. The molecule has 1 aromatic carbocycles. The zero-order valence-corrected chi connectivity index (χ0v) is 10.9. The summed E-state index contributed by atoms with van der Waals surface area (Å²) in [5.74, 6) is 0.814. The number of nitrogens with two attached hydrogens (primary N) is 1. The van der Waals surface area contributed by atoms with Gasteiger partial charge in [-0.05, 0) is 55.7 Å². The fourth-order valence-electron chi connectivity index (χ4n) is 3.07. The van der Waals surface area contributed by atoms with Gasteiger partial charge in [-0.25, -0.2) is 0 Å². The molecule has 2 nitrogen and oxygen atoms in total. The number of halogens is 1. The van der Waals surface area contributed by atoms with Gasteiger partial charge in [0.25, 0.3) is 0 Å². The van der Waals surface area contributed by atoms with Crippen molar-refractivity contribution in [3.8, 4) is 5.75 Å². The first-order valence-electron chi connectivity index (χ1n) is 6.33. The van der Waals surface area contributed by atoms with Crippen LogP contribution in [0.25, 0.3) is 0 Å². The molecule has 17 heavy (non-hydrogen) atoms. The minimum absolute atomic E-state index is 0.202. The van der Waals surface area contributed by atoms with Gasteiger partial charge in [0.1, 0.15) is 5.75 Å². The third-order valence-corrected chi connectivity index (χ3v) is 4.67. The van der Waals surface area contributed by atoms with E-state index in [1.165, 1.54) is 24.0 Å². The van der Waals surface area contributed by atoms with Gasteiger partial charge in [0.15, 0.2) is 0 Å². The Morgan fingerprint density at radius 2 is 2.06 bits per heavy atom. The van der Waals surface area contributed by atoms with Gasteiger partial charge in [-0.1, -0.05) is 11.6 Å². The van der Waals surface area contributed by atoms with Crippen LogP contribution in [0.4, 0.5) is 0 Å². The van der Waals surface area contributed by atoms with Crippen LogP contribution in [-0.2, 0) is 18.4 Å². The SMILES string of the molecule is COc1c(C2(N)CCC2)cc2c(c1Cl)CCC2. The molecule has 2 N–H and O–H groups in total. The highest BCUT2D eigenvalue weighted by atomic mass is 35.5. The lowest BCUT2D eigenvalue weighted by Gasteiger charge is -2.40. The quantitative estimate of drug-likeness (QED) is 0.876. The summed E-state index contributed by atoms with van der Waals surface area (Å²) in [6.07, 6.45) is 6.68. The predicted octanol–water partition coefficient (Wildman–Crippen LogP) is 3.18. The molecular formula is C14H18ClNO. The van der Waals surface area contributed by atoms with Crippen molar-refractivity contribution in [3.63, 3.8) is 0 Å². The van der Waals surface area contributed by atoms with Crippen LogP contribution in [0.3, 0.4) is 0 Å². The Morgan fingerprint density at radius 3 is 2.65 bits per heavy atom. The third kappa shape index (κ3) is 1.58. The molecular weight excluding hydrogens is 234 g/mol. The summed E-state index contributed by atoms with van der Waals surface area (Å²) in [4.78, 5) is 0. The fourth-order valence-corrected chi connectivity index (χ4v) is 3.46. The second kappa shape index (κ2) is 3.89. The van der Waals surface area contributed by atoms with Crippen LogP contribution >= 0.6 is 11.6 Å². The first kappa shape index (κ1) is 11.4. The van der Waals surface area contributed by atoms with E-state index >= 15 is 0 Å². The van der Waals surface area contributed by atoms with E-state index in [1.54, 1.807) is 7.11 Å². The minimum atomic E-state index is -0.202. The second-order valence-electron chi connectivity index (χ2n) is 5.27. The van der Waals surface area contributed by atoms with Gasteiger partial charge in [0.2, 0.25) is 0 Å². The van der Waals surface area contributed by atoms with Crippen LogP contribution in [0.1, 0.15) is 42.4 Å². The van der Waals surface area contributed by atoms with Gasteiger partial charge < -0.3 is 10.5 Å². The molecule has 0 heterocycles. The van der Waals surface area contributed by atoms with Crippen molar-refractivity contribution in [2.75, 3.05) is 7.11 Å². The van der Waals surface area contributed by atoms with E-state index in [0.717, 1.165) is 42.0 Å². The van der Waals surface area contributed by atoms with Gasteiger partial charge in [0, 0.05) is 11.1 Å². The van der Waals surface area contributed by atoms with E-state index < -0.39 is 0 Å². The van der Waals surface area contributed by atoms with Crippen molar-refractivity contribution in [2.24, 2.45) is 5.73 Å². The number of benzene rings is 1. The van der Waals surface area contributed by atoms with Gasteiger partial charge in [-0.3, -0.25) is 0 Å². The molecule has 2 aliphatic carbocycles. The van der Waals surface area contributed by atoms with Gasteiger partial charge >= 0.3 is 0 Å². The Morgan fingerprint density at radius 1 is 1.29 bits per heavy atom. The highest BCUT2D eigenvalue weighted by molar-refractivity contribution is 6.33. The van der Waals surface area contributed by atoms with Crippen LogP contribution in [0.5, 0.6) is 5.75 Å². The van der Waals surface area contributed by atoms with E-state index in [0.29, 0.717) is 0 Å². The summed E-state index contributed by atoms with van der Waals surface area (Å²) in [7, 11) is 1.69. The molecule has 0 radical (unpaired) electrons. The Balaban J connectivity index is 2.17. The molecule has 1 saturated carbocycles. The van der Waals surface area contributed by atoms with Gasteiger partial charge in [-0.15, -0.1) is 0 Å². The molecule has 0 amide bonds. The van der Waals surface area contributed by atoms with Crippen molar-refractivity contribution < 1.29 is 4.74 Å². The fraction of sp³-hybridized carbons (Fsp3) is 0.571. The number of ether oxygens (including phenoxy) is 1. The molecule has 2 aliphatic rings. The lowest BCUT2D eigenvalue weighted by molar-refractivity contribution is 0.243. The predicted molar refractivity (Wildman–Crippen MR) is 69.7 cm³/mol. The Labute approximate surface area is 107 Å². The highest BCUT2D eigenvalue weighted by Crippen LogP contribution is 2.48. The van der Waals surface area contributed by atoms with E-state index in [1.807, 2.05) is 0 Å². The zero-order valence-electron chi connectivity index (χ0n) is 10.2. The number of hydrogen-bond acceptors (Lipinski definition) is 2. The molecule has 3 heteroatoms. The third-order valence-electron chi connectivity index (χ3n) is 4.27. The van der Waals surface area contributed by atoms with E-state index in [4.69, 9.17) is 22.1 Å². The van der Waals surface area contributed by atoms with Crippen molar-refractivity contribution in [3.05, 3.63) is 27.8 Å². The van der Waals surface area contributed by atoms with Crippen LogP contribution in [0.15, 0.2) is 6.07 Å². The van der Waals surface area contributed by atoms with Crippen LogP contribution in [0.2, 0.25) is 5.02 Å². The number of rotatable bonds is 2. The normalized spacial score (nSPS) is 20.9. The molecule has 0 aromatic heterocycles. The average molecular weight is 252 g/mol. The molecule has 0 unspecified atom stereocenters. The molecule has 0 aliphatic heterocycles. The average Bonchev–Trinajstić information content (AvgIpc) is 2.74. The van der Waals surface area contributed by atoms with Crippen molar-refractivity contribution in [1.29, 1.82) is 0 Å². The molecule has 1 fully saturated rings. The lowest BCUT2D eigenvalue weighted by Crippen LogP contribution is -2.43. The Kier molecular flexibility index (Phi) is 2.60. The molecule has 92 valence electrons. The summed E-state index contributed by atoms with van der Waals surface area (Å²) in [5, 5.41) is 0.800. The van der Waals surface area contributed by atoms with Crippen LogP contribution in [-0.4, -0.2) is 7.11 Å².